The fourth-order valence-electron chi connectivity index (χ4n) is 2.73. The number of nitrogens with zero attached hydrogens (tertiary/aromatic N) is 3. The van der Waals surface area contributed by atoms with Crippen LogP contribution in [0.1, 0.15) is 16.0 Å². The van der Waals surface area contributed by atoms with Crippen molar-refractivity contribution in [1.82, 2.24) is 10.2 Å². The van der Waals surface area contributed by atoms with Gasteiger partial charge in [-0.25, -0.2) is 0 Å². The molecule has 0 bridgehead atoms. The minimum absolute atomic E-state index is 0.0533. The number of hydrogen-bond acceptors (Lipinski definition) is 10. The molecule has 2 heterocycles. The number of anilines is 1. The summed E-state index contributed by atoms with van der Waals surface area (Å²) in [6, 6.07) is 5.52. The van der Waals surface area contributed by atoms with E-state index in [1.54, 1.807) is 12.1 Å². The SMILES string of the molecule is COc1cc(-c2nnc(SCC(=O)Nc3sc(C)c(C)c3C#N)o2)cc(OC)c1OC. The molecule has 162 valence electrons. The number of carbonyl (C=O) groups is 1. The van der Waals surface area contributed by atoms with E-state index in [2.05, 4.69) is 21.6 Å². The van der Waals surface area contributed by atoms with Crippen LogP contribution in [-0.4, -0.2) is 43.2 Å². The molecule has 3 rings (SSSR count). The minimum atomic E-state index is -0.268. The summed E-state index contributed by atoms with van der Waals surface area (Å²) >= 11 is 2.48. The quantitative estimate of drug-likeness (QED) is 0.497. The van der Waals surface area contributed by atoms with E-state index in [4.69, 9.17) is 18.6 Å². The van der Waals surface area contributed by atoms with Crippen LogP contribution in [0.4, 0.5) is 5.00 Å². The van der Waals surface area contributed by atoms with E-state index >= 15 is 0 Å². The first-order valence-corrected chi connectivity index (χ1v) is 10.8. The molecule has 31 heavy (non-hydrogen) atoms. The van der Waals surface area contributed by atoms with E-state index in [1.807, 2.05) is 13.8 Å². The summed E-state index contributed by atoms with van der Waals surface area (Å²) in [5.74, 6) is 1.40. The molecule has 0 atom stereocenters. The summed E-state index contributed by atoms with van der Waals surface area (Å²) in [5, 5.41) is 20.9. The zero-order valence-electron chi connectivity index (χ0n) is 17.6. The van der Waals surface area contributed by atoms with Gasteiger partial charge < -0.3 is 23.9 Å². The van der Waals surface area contributed by atoms with Crippen molar-refractivity contribution < 1.29 is 23.4 Å². The first-order chi connectivity index (χ1) is 14.9. The fourth-order valence-corrected chi connectivity index (χ4v) is 4.32. The Kier molecular flexibility index (Phi) is 7.04. The number of methoxy groups -OCH3 is 3. The maximum Gasteiger partial charge on any atom is 0.277 e. The second-order valence-electron chi connectivity index (χ2n) is 6.22. The molecule has 1 aromatic carbocycles. The number of thiophene rings is 1. The molecule has 11 heteroatoms. The summed E-state index contributed by atoms with van der Waals surface area (Å²) < 4.78 is 21.7. The van der Waals surface area contributed by atoms with Crippen LogP contribution in [0.15, 0.2) is 21.8 Å². The van der Waals surface area contributed by atoms with Crippen LogP contribution in [0.2, 0.25) is 0 Å². The molecule has 0 fully saturated rings. The van der Waals surface area contributed by atoms with Crippen LogP contribution in [0.25, 0.3) is 11.5 Å². The molecule has 0 spiro atoms. The number of amides is 1. The van der Waals surface area contributed by atoms with Crippen LogP contribution in [-0.2, 0) is 4.79 Å². The maximum absolute atomic E-state index is 12.3. The molecular formula is C20H20N4O5S2. The Labute approximate surface area is 187 Å². The number of rotatable bonds is 8. The van der Waals surface area contributed by atoms with Crippen molar-refractivity contribution in [2.45, 2.75) is 19.1 Å². The number of benzene rings is 1. The number of aromatic nitrogens is 2. The second-order valence-corrected chi connectivity index (χ2v) is 8.37. The van der Waals surface area contributed by atoms with E-state index in [1.165, 1.54) is 32.7 Å². The Morgan fingerprint density at radius 2 is 1.87 bits per heavy atom. The molecule has 0 radical (unpaired) electrons. The van der Waals surface area contributed by atoms with Gasteiger partial charge in [0, 0.05) is 10.4 Å². The lowest BCUT2D eigenvalue weighted by atomic mass is 10.2. The van der Waals surface area contributed by atoms with Crippen LogP contribution in [0.5, 0.6) is 17.2 Å². The van der Waals surface area contributed by atoms with E-state index in [0.717, 1.165) is 22.2 Å². The highest BCUT2D eigenvalue weighted by Crippen LogP contribution is 2.41. The Morgan fingerprint density at radius 1 is 1.19 bits per heavy atom. The summed E-state index contributed by atoms with van der Waals surface area (Å²) in [4.78, 5) is 13.3. The lowest BCUT2D eigenvalue weighted by Gasteiger charge is -2.12. The predicted octanol–water partition coefficient (Wildman–Crippen LogP) is 4.04. The standard InChI is InChI=1S/C20H20N4O5S2/c1-10-11(2)31-19(13(10)8-21)22-16(25)9-30-20-24-23-18(29-20)12-6-14(26-3)17(28-5)15(7-12)27-4/h6-7H,9H2,1-5H3,(H,22,25). The fraction of sp³-hybridized carbons (Fsp3) is 0.300. The van der Waals surface area contributed by atoms with E-state index in [-0.39, 0.29) is 22.8 Å². The molecule has 0 aliphatic heterocycles. The molecule has 0 saturated carbocycles. The van der Waals surface area contributed by atoms with Gasteiger partial charge in [-0.2, -0.15) is 5.26 Å². The summed E-state index contributed by atoms with van der Waals surface area (Å²) in [6.07, 6.45) is 0. The third kappa shape index (κ3) is 4.76. The van der Waals surface area contributed by atoms with Gasteiger partial charge in [-0.15, -0.1) is 21.5 Å². The Bertz CT molecular complexity index is 1120. The first-order valence-electron chi connectivity index (χ1n) is 8.98. The molecule has 0 aliphatic rings. The zero-order valence-corrected chi connectivity index (χ0v) is 19.2. The number of aryl methyl sites for hydroxylation is 1. The number of carbonyl (C=O) groups excluding carboxylic acids is 1. The molecule has 1 N–H and O–H groups in total. The normalized spacial score (nSPS) is 10.5. The Morgan fingerprint density at radius 3 is 2.45 bits per heavy atom. The molecule has 0 unspecified atom stereocenters. The van der Waals surface area contributed by atoms with Crippen molar-refractivity contribution in [3.8, 4) is 34.8 Å². The lowest BCUT2D eigenvalue weighted by Crippen LogP contribution is -2.13. The van der Waals surface area contributed by atoms with Gasteiger partial charge in [0.25, 0.3) is 5.22 Å². The Hall–Kier alpha value is -3.23. The van der Waals surface area contributed by atoms with E-state index < -0.39 is 0 Å². The van der Waals surface area contributed by atoms with Crippen molar-refractivity contribution in [3.05, 3.63) is 28.1 Å². The largest absolute Gasteiger partial charge is 0.493 e. The number of hydrogen-bond donors (Lipinski definition) is 1. The van der Waals surface area contributed by atoms with Gasteiger partial charge in [0.2, 0.25) is 17.5 Å². The first kappa shape index (κ1) is 22.5. The van der Waals surface area contributed by atoms with E-state index in [0.29, 0.717) is 33.4 Å². The number of nitriles is 1. The number of ether oxygens (including phenoxy) is 3. The van der Waals surface area contributed by atoms with Crippen LogP contribution in [0.3, 0.4) is 0 Å². The number of thioether (sulfide) groups is 1. The molecule has 9 nitrogen and oxygen atoms in total. The van der Waals surface area contributed by atoms with Gasteiger partial charge in [-0.05, 0) is 31.5 Å². The van der Waals surface area contributed by atoms with Crippen molar-refractivity contribution >= 4 is 34.0 Å². The third-order valence-corrected chi connectivity index (χ3v) is 6.34. The van der Waals surface area contributed by atoms with Gasteiger partial charge in [-0.1, -0.05) is 11.8 Å². The second kappa shape index (κ2) is 9.72. The zero-order chi connectivity index (χ0) is 22.5. The van der Waals surface area contributed by atoms with E-state index in [9.17, 15) is 10.1 Å². The highest BCUT2D eigenvalue weighted by atomic mass is 32.2. The van der Waals surface area contributed by atoms with Crippen molar-refractivity contribution in [1.29, 1.82) is 5.26 Å². The van der Waals surface area contributed by atoms with Crippen LogP contribution in [0, 0.1) is 25.2 Å². The molecule has 0 aliphatic carbocycles. The summed E-state index contributed by atoms with van der Waals surface area (Å²) in [5.41, 5.74) is 1.95. The van der Waals surface area contributed by atoms with Gasteiger partial charge in [-0.3, -0.25) is 4.79 Å². The third-order valence-electron chi connectivity index (χ3n) is 4.39. The average molecular weight is 461 g/mol. The smallest absolute Gasteiger partial charge is 0.277 e. The summed E-state index contributed by atoms with van der Waals surface area (Å²) in [6.45, 7) is 3.77. The lowest BCUT2D eigenvalue weighted by molar-refractivity contribution is -0.113. The van der Waals surface area contributed by atoms with Crippen molar-refractivity contribution in [2.24, 2.45) is 0 Å². The van der Waals surface area contributed by atoms with Gasteiger partial charge >= 0.3 is 0 Å². The van der Waals surface area contributed by atoms with Crippen molar-refractivity contribution in [3.63, 3.8) is 0 Å². The predicted molar refractivity (Wildman–Crippen MR) is 117 cm³/mol. The minimum Gasteiger partial charge on any atom is -0.493 e. The van der Waals surface area contributed by atoms with Gasteiger partial charge in [0.15, 0.2) is 11.5 Å². The average Bonchev–Trinajstić information content (AvgIpc) is 3.35. The van der Waals surface area contributed by atoms with Crippen LogP contribution < -0.4 is 19.5 Å². The molecule has 0 saturated heterocycles. The number of nitrogens with one attached hydrogen (secondary N) is 1. The monoisotopic (exact) mass is 460 g/mol. The van der Waals surface area contributed by atoms with Crippen LogP contribution >= 0.6 is 23.1 Å². The van der Waals surface area contributed by atoms with Crippen molar-refractivity contribution in [2.75, 3.05) is 32.4 Å². The van der Waals surface area contributed by atoms with Gasteiger partial charge in [0.1, 0.15) is 11.1 Å². The highest BCUT2D eigenvalue weighted by molar-refractivity contribution is 7.99. The highest BCUT2D eigenvalue weighted by Gasteiger charge is 2.19. The molecule has 3 aromatic rings. The summed E-state index contributed by atoms with van der Waals surface area (Å²) in [7, 11) is 4.55. The molecular weight excluding hydrogens is 440 g/mol. The topological polar surface area (TPSA) is 120 Å². The Balaban J connectivity index is 1.70. The maximum atomic E-state index is 12.3. The molecule has 2 aromatic heterocycles. The molecule has 1 amide bonds. The van der Waals surface area contributed by atoms with Gasteiger partial charge in [0.05, 0.1) is 32.6 Å².